The maximum Gasteiger partial charge on any atom is 0.328 e. The van der Waals surface area contributed by atoms with E-state index in [-0.39, 0.29) is 12.3 Å². The summed E-state index contributed by atoms with van der Waals surface area (Å²) in [4.78, 5) is 26.5. The average molecular weight is 494 g/mol. The molecule has 1 amide bonds. The third-order valence-electron chi connectivity index (χ3n) is 6.56. The molecule has 0 bridgehead atoms. The lowest BCUT2D eigenvalue weighted by Crippen LogP contribution is -2.51. The van der Waals surface area contributed by atoms with Crippen LogP contribution in [-0.4, -0.2) is 25.0 Å². The fraction of sp³-hybridized carbons (Fsp3) is 0.188. The zero-order valence-electron chi connectivity index (χ0n) is 21.1. The molecule has 0 saturated heterocycles. The van der Waals surface area contributed by atoms with Crippen LogP contribution in [0.2, 0.25) is 0 Å². The van der Waals surface area contributed by atoms with Crippen LogP contribution in [0.1, 0.15) is 29.2 Å². The van der Waals surface area contributed by atoms with Gasteiger partial charge in [-0.3, -0.25) is 4.79 Å². The van der Waals surface area contributed by atoms with Crippen LogP contribution in [0.5, 0.6) is 5.75 Å². The molecule has 4 aromatic rings. The Balaban J connectivity index is 1.51. The summed E-state index contributed by atoms with van der Waals surface area (Å²) in [6, 6.07) is 35.8. The van der Waals surface area contributed by atoms with Crippen molar-refractivity contribution in [1.82, 2.24) is 5.32 Å². The number of carbonyl (C=O) groups excluding carboxylic acids is 2. The number of ether oxygens (including phenoxy) is 2. The van der Waals surface area contributed by atoms with E-state index in [1.54, 1.807) is 0 Å². The van der Waals surface area contributed by atoms with E-state index >= 15 is 0 Å². The summed E-state index contributed by atoms with van der Waals surface area (Å²) in [5, 5.41) is 2.97. The first-order chi connectivity index (χ1) is 18.0. The minimum Gasteiger partial charge on any atom is -0.489 e. The van der Waals surface area contributed by atoms with Crippen LogP contribution >= 0.6 is 0 Å². The molecule has 0 aliphatic rings. The summed E-state index contributed by atoms with van der Waals surface area (Å²) >= 11 is 0. The quantitative estimate of drug-likeness (QED) is 0.298. The lowest BCUT2D eigenvalue weighted by Gasteiger charge is -2.31. The highest BCUT2D eigenvalue weighted by molar-refractivity contribution is 5.94. The van der Waals surface area contributed by atoms with Gasteiger partial charge < -0.3 is 14.8 Å². The molecule has 188 valence electrons. The van der Waals surface area contributed by atoms with E-state index in [2.05, 4.69) is 5.32 Å². The second kappa shape index (κ2) is 12.0. The number of hydrogen-bond acceptors (Lipinski definition) is 4. The van der Waals surface area contributed by atoms with Crippen LogP contribution in [0.3, 0.4) is 0 Å². The van der Waals surface area contributed by atoms with Gasteiger partial charge in [-0.15, -0.1) is 0 Å². The fourth-order valence-electron chi connectivity index (χ4n) is 4.31. The first-order valence-electron chi connectivity index (χ1n) is 12.3. The van der Waals surface area contributed by atoms with Gasteiger partial charge in [0.15, 0.2) is 0 Å². The van der Waals surface area contributed by atoms with Crippen molar-refractivity contribution in [3.8, 4) is 5.75 Å². The summed E-state index contributed by atoms with van der Waals surface area (Å²) in [7, 11) is 1.33. The highest BCUT2D eigenvalue weighted by atomic mass is 16.5. The number of hydrogen-bond donors (Lipinski definition) is 1. The topological polar surface area (TPSA) is 64.6 Å². The molecule has 0 radical (unpaired) electrons. The third kappa shape index (κ3) is 6.25. The Hall–Kier alpha value is -4.38. The lowest BCUT2D eigenvalue weighted by molar-refractivity contribution is -0.145. The Morgan fingerprint density at radius 1 is 0.730 bits per heavy atom. The van der Waals surface area contributed by atoms with Crippen LogP contribution in [0.15, 0.2) is 115 Å². The smallest absolute Gasteiger partial charge is 0.328 e. The summed E-state index contributed by atoms with van der Waals surface area (Å²) in [5.74, 6) is -0.0451. The summed E-state index contributed by atoms with van der Waals surface area (Å²) in [6.45, 7) is 2.35. The standard InChI is InChI=1S/C32H31NO4/c1-32(26-14-8-4-9-15-26,27-16-10-5-11-17-27)31(35)33-29(30(34)36-2)22-24-18-20-28(21-19-24)37-23-25-12-6-3-7-13-25/h3-21,29H,22-23H2,1-2H3,(H,33,35)/t29-/m0/s1. The van der Waals surface area contributed by atoms with E-state index in [4.69, 9.17) is 9.47 Å². The average Bonchev–Trinajstić information content (AvgIpc) is 2.97. The van der Waals surface area contributed by atoms with Gasteiger partial charge in [0.2, 0.25) is 5.91 Å². The molecule has 0 unspecified atom stereocenters. The van der Waals surface area contributed by atoms with Gasteiger partial charge >= 0.3 is 5.97 Å². The van der Waals surface area contributed by atoms with Crippen LogP contribution in [0.25, 0.3) is 0 Å². The zero-order chi connectivity index (χ0) is 26.1. The third-order valence-corrected chi connectivity index (χ3v) is 6.56. The van der Waals surface area contributed by atoms with Crippen molar-refractivity contribution >= 4 is 11.9 Å². The number of benzene rings is 4. The number of esters is 1. The van der Waals surface area contributed by atoms with Gasteiger partial charge in [0, 0.05) is 6.42 Å². The molecule has 0 aliphatic heterocycles. The molecule has 0 fully saturated rings. The maximum atomic E-state index is 13.8. The van der Waals surface area contributed by atoms with Crippen molar-refractivity contribution in [3.63, 3.8) is 0 Å². The highest BCUT2D eigenvalue weighted by Gasteiger charge is 2.39. The Bertz CT molecular complexity index is 1250. The monoisotopic (exact) mass is 493 g/mol. The van der Waals surface area contributed by atoms with Crippen molar-refractivity contribution < 1.29 is 19.1 Å². The van der Waals surface area contributed by atoms with Crippen molar-refractivity contribution in [2.45, 2.75) is 31.4 Å². The van der Waals surface area contributed by atoms with Gasteiger partial charge in [-0.25, -0.2) is 4.79 Å². The van der Waals surface area contributed by atoms with Crippen LogP contribution in [0, 0.1) is 0 Å². The van der Waals surface area contributed by atoms with Gasteiger partial charge in [0.1, 0.15) is 18.4 Å². The molecule has 37 heavy (non-hydrogen) atoms. The van der Waals surface area contributed by atoms with Crippen LogP contribution in [-0.2, 0) is 32.8 Å². The molecule has 0 aliphatic carbocycles. The Labute approximate surface area is 218 Å². The van der Waals surface area contributed by atoms with Gasteiger partial charge in [-0.2, -0.15) is 0 Å². The zero-order valence-corrected chi connectivity index (χ0v) is 21.1. The van der Waals surface area contributed by atoms with E-state index in [0.29, 0.717) is 6.61 Å². The predicted molar refractivity (Wildman–Crippen MR) is 144 cm³/mol. The molecule has 4 aromatic carbocycles. The SMILES string of the molecule is COC(=O)[C@H](Cc1ccc(OCc2ccccc2)cc1)NC(=O)C(C)(c1ccccc1)c1ccccc1. The molecular formula is C32H31NO4. The second-order valence-corrected chi connectivity index (χ2v) is 9.03. The first-order valence-corrected chi connectivity index (χ1v) is 12.3. The Kier molecular flexibility index (Phi) is 8.37. The molecule has 0 spiro atoms. The highest BCUT2D eigenvalue weighted by Crippen LogP contribution is 2.32. The second-order valence-electron chi connectivity index (χ2n) is 9.03. The Morgan fingerprint density at radius 3 is 1.76 bits per heavy atom. The molecule has 0 heterocycles. The molecule has 5 heteroatoms. The Morgan fingerprint density at radius 2 is 1.24 bits per heavy atom. The largest absolute Gasteiger partial charge is 0.489 e. The normalized spacial score (nSPS) is 11.8. The lowest BCUT2D eigenvalue weighted by atomic mass is 9.75. The van der Waals surface area contributed by atoms with Gasteiger partial charge in [-0.05, 0) is 41.3 Å². The number of amides is 1. The van der Waals surface area contributed by atoms with E-state index in [1.807, 2.05) is 122 Å². The van der Waals surface area contributed by atoms with E-state index < -0.39 is 17.4 Å². The number of carbonyl (C=O) groups is 2. The molecule has 0 aromatic heterocycles. The van der Waals surface area contributed by atoms with E-state index in [9.17, 15) is 9.59 Å². The number of methoxy groups -OCH3 is 1. The summed E-state index contributed by atoms with van der Waals surface area (Å²) < 4.78 is 10.9. The molecule has 5 nitrogen and oxygen atoms in total. The minimum absolute atomic E-state index is 0.275. The predicted octanol–water partition coefficient (Wildman–Crippen LogP) is 5.47. The number of rotatable bonds is 10. The minimum atomic E-state index is -0.996. The molecule has 0 saturated carbocycles. The molecular weight excluding hydrogens is 462 g/mol. The fourth-order valence-corrected chi connectivity index (χ4v) is 4.31. The van der Waals surface area contributed by atoms with Crippen molar-refractivity contribution in [2.24, 2.45) is 0 Å². The molecule has 1 atom stereocenters. The van der Waals surface area contributed by atoms with Gasteiger partial charge in [0.25, 0.3) is 0 Å². The van der Waals surface area contributed by atoms with Crippen LogP contribution in [0.4, 0.5) is 0 Å². The summed E-state index contributed by atoms with van der Waals surface area (Å²) in [5.41, 5.74) is 2.64. The van der Waals surface area contributed by atoms with Crippen molar-refractivity contribution in [1.29, 1.82) is 0 Å². The summed E-state index contributed by atoms with van der Waals surface area (Å²) in [6.07, 6.45) is 0.289. The van der Waals surface area contributed by atoms with Crippen molar-refractivity contribution in [2.75, 3.05) is 7.11 Å². The van der Waals surface area contributed by atoms with E-state index in [1.165, 1.54) is 7.11 Å². The molecule has 4 rings (SSSR count). The van der Waals surface area contributed by atoms with E-state index in [0.717, 1.165) is 28.0 Å². The van der Waals surface area contributed by atoms with Crippen LogP contribution < -0.4 is 10.1 Å². The number of nitrogens with one attached hydrogen (secondary N) is 1. The first kappa shape index (κ1) is 25.7. The molecule has 1 N–H and O–H groups in total. The van der Waals surface area contributed by atoms with Crippen molar-refractivity contribution in [3.05, 3.63) is 138 Å². The van der Waals surface area contributed by atoms with Gasteiger partial charge in [0.05, 0.1) is 12.5 Å². The maximum absolute atomic E-state index is 13.8. The van der Waals surface area contributed by atoms with Gasteiger partial charge in [-0.1, -0.05) is 103 Å².